The maximum Gasteiger partial charge on any atom is 0.190 e. The van der Waals surface area contributed by atoms with Gasteiger partial charge in [-0.15, -0.1) is 24.0 Å². The molecule has 2 rings (SSSR count). The molecule has 0 spiro atoms. The summed E-state index contributed by atoms with van der Waals surface area (Å²) in [6.45, 7) is 3.75. The minimum Gasteiger partial charge on any atom is -0.356 e. The molecule has 4 nitrogen and oxygen atoms in total. The van der Waals surface area contributed by atoms with Gasteiger partial charge in [-0.2, -0.15) is 0 Å². The summed E-state index contributed by atoms with van der Waals surface area (Å²) in [4.78, 5) is 8.36. The van der Waals surface area contributed by atoms with Gasteiger partial charge in [0.2, 0.25) is 0 Å². The average Bonchev–Trinajstić information content (AvgIpc) is 2.57. The van der Waals surface area contributed by atoms with Crippen LogP contribution in [0.5, 0.6) is 0 Å². The highest BCUT2D eigenvalue weighted by Crippen LogP contribution is 2.09. The highest BCUT2D eigenvalue weighted by Gasteiger charge is 2.00. The molecule has 2 N–H and O–H groups in total. The molecule has 0 aliphatic heterocycles. The molecule has 0 fully saturated rings. The van der Waals surface area contributed by atoms with E-state index in [0.717, 1.165) is 36.9 Å². The molecule has 0 bridgehead atoms. The van der Waals surface area contributed by atoms with Gasteiger partial charge < -0.3 is 10.6 Å². The van der Waals surface area contributed by atoms with E-state index in [1.807, 2.05) is 36.7 Å². The van der Waals surface area contributed by atoms with E-state index in [1.54, 1.807) is 7.05 Å². The first-order valence-corrected chi connectivity index (χ1v) is 8.15. The van der Waals surface area contributed by atoms with Crippen molar-refractivity contribution >= 4 is 41.5 Å². The van der Waals surface area contributed by atoms with Gasteiger partial charge in [0, 0.05) is 37.6 Å². The number of aliphatic imine (C=N–C) groups is 1. The van der Waals surface area contributed by atoms with Gasteiger partial charge in [0.25, 0.3) is 0 Å². The Labute approximate surface area is 166 Å². The number of nitrogens with one attached hydrogen (secondary N) is 2. The van der Waals surface area contributed by atoms with Crippen molar-refractivity contribution in [1.82, 2.24) is 15.6 Å². The van der Waals surface area contributed by atoms with Crippen molar-refractivity contribution < 1.29 is 0 Å². The fourth-order valence-electron chi connectivity index (χ4n) is 2.30. The van der Waals surface area contributed by atoms with Crippen LogP contribution in [-0.4, -0.2) is 31.1 Å². The van der Waals surface area contributed by atoms with E-state index in [4.69, 9.17) is 11.6 Å². The molecule has 0 amide bonds. The van der Waals surface area contributed by atoms with Crippen LogP contribution in [0.4, 0.5) is 0 Å². The number of hydrogen-bond donors (Lipinski definition) is 2. The molecule has 1 heterocycles. The molecule has 130 valence electrons. The molecule has 0 saturated heterocycles. The molecule has 0 unspecified atom stereocenters. The molecule has 0 radical (unpaired) electrons. The van der Waals surface area contributed by atoms with Crippen molar-refractivity contribution in [3.63, 3.8) is 0 Å². The molecule has 24 heavy (non-hydrogen) atoms. The van der Waals surface area contributed by atoms with E-state index < -0.39 is 0 Å². The molecule has 0 aliphatic carbocycles. The van der Waals surface area contributed by atoms with Crippen molar-refractivity contribution in [2.45, 2.75) is 19.8 Å². The van der Waals surface area contributed by atoms with E-state index in [9.17, 15) is 0 Å². The zero-order chi connectivity index (χ0) is 16.5. The van der Waals surface area contributed by atoms with Crippen molar-refractivity contribution in [3.8, 4) is 0 Å². The topological polar surface area (TPSA) is 49.3 Å². The Kier molecular flexibility index (Phi) is 9.71. The predicted octanol–water partition coefficient (Wildman–Crippen LogP) is 3.61. The third-order valence-corrected chi connectivity index (χ3v) is 3.92. The first kappa shape index (κ1) is 20.7. The maximum absolute atomic E-state index is 5.89. The molecule has 6 heteroatoms. The largest absolute Gasteiger partial charge is 0.356 e. The SMILES string of the molecule is CN=C(NCCc1ccc(Cl)cc1)NCCc1ccncc1C.I. The summed E-state index contributed by atoms with van der Waals surface area (Å²) in [5.41, 5.74) is 3.79. The third kappa shape index (κ3) is 7.05. The number of aromatic nitrogens is 1. The quantitative estimate of drug-likeness (QED) is 0.395. The van der Waals surface area contributed by atoms with Gasteiger partial charge in [-0.3, -0.25) is 9.98 Å². The van der Waals surface area contributed by atoms with E-state index in [1.165, 1.54) is 16.7 Å². The van der Waals surface area contributed by atoms with Gasteiger partial charge in [0.15, 0.2) is 5.96 Å². The van der Waals surface area contributed by atoms with Crippen molar-refractivity contribution in [2.24, 2.45) is 4.99 Å². The Morgan fingerprint density at radius 2 is 1.75 bits per heavy atom. The number of rotatable bonds is 6. The van der Waals surface area contributed by atoms with Crippen LogP contribution in [0.3, 0.4) is 0 Å². The lowest BCUT2D eigenvalue weighted by Gasteiger charge is -2.12. The number of pyridine rings is 1. The second-order valence-corrected chi connectivity index (χ2v) is 5.79. The average molecular weight is 459 g/mol. The third-order valence-electron chi connectivity index (χ3n) is 3.67. The number of aryl methyl sites for hydroxylation is 1. The summed E-state index contributed by atoms with van der Waals surface area (Å²) in [7, 11) is 1.79. The highest BCUT2D eigenvalue weighted by molar-refractivity contribution is 14.0. The fraction of sp³-hybridized carbons (Fsp3) is 0.333. The summed E-state index contributed by atoms with van der Waals surface area (Å²) in [6.07, 6.45) is 5.61. The molecule has 0 atom stereocenters. The van der Waals surface area contributed by atoms with E-state index in [-0.39, 0.29) is 24.0 Å². The number of nitrogens with zero attached hydrogens (tertiary/aromatic N) is 2. The molecule has 2 aromatic rings. The van der Waals surface area contributed by atoms with Gasteiger partial charge in [-0.1, -0.05) is 23.7 Å². The second-order valence-electron chi connectivity index (χ2n) is 5.35. The van der Waals surface area contributed by atoms with Gasteiger partial charge >= 0.3 is 0 Å². The monoisotopic (exact) mass is 458 g/mol. The molecule has 1 aromatic heterocycles. The zero-order valence-corrected chi connectivity index (χ0v) is 17.1. The maximum atomic E-state index is 5.89. The fourth-order valence-corrected chi connectivity index (χ4v) is 2.42. The lowest BCUT2D eigenvalue weighted by Crippen LogP contribution is -2.39. The second kappa shape index (κ2) is 11.3. The van der Waals surface area contributed by atoms with Crippen molar-refractivity contribution in [3.05, 3.63) is 64.4 Å². The summed E-state index contributed by atoms with van der Waals surface area (Å²) in [5.74, 6) is 0.825. The summed E-state index contributed by atoms with van der Waals surface area (Å²) >= 11 is 5.89. The first-order valence-electron chi connectivity index (χ1n) is 7.77. The lowest BCUT2D eigenvalue weighted by atomic mass is 10.1. The standard InChI is InChI=1S/C18H23ClN4.HI/c1-14-13-21-10-8-16(14)9-12-23-18(20-2)22-11-7-15-3-5-17(19)6-4-15;/h3-6,8,10,13H,7,9,11-12H2,1-2H3,(H2,20,22,23);1H. The highest BCUT2D eigenvalue weighted by atomic mass is 127. The molecular formula is C18H24ClIN4. The van der Waals surface area contributed by atoms with Gasteiger partial charge in [0.1, 0.15) is 0 Å². The van der Waals surface area contributed by atoms with Crippen LogP contribution >= 0.6 is 35.6 Å². The van der Waals surface area contributed by atoms with Crippen LogP contribution < -0.4 is 10.6 Å². The summed E-state index contributed by atoms with van der Waals surface area (Å²) in [5, 5.41) is 7.43. The van der Waals surface area contributed by atoms with Gasteiger partial charge in [0.05, 0.1) is 0 Å². The normalized spacial score (nSPS) is 10.9. The van der Waals surface area contributed by atoms with Crippen LogP contribution in [0.25, 0.3) is 0 Å². The smallest absolute Gasteiger partial charge is 0.190 e. The lowest BCUT2D eigenvalue weighted by molar-refractivity contribution is 0.782. The van der Waals surface area contributed by atoms with Crippen LogP contribution in [-0.2, 0) is 12.8 Å². The van der Waals surface area contributed by atoms with Gasteiger partial charge in [-0.05, 0) is 54.7 Å². The van der Waals surface area contributed by atoms with Gasteiger partial charge in [-0.25, -0.2) is 0 Å². The number of benzene rings is 1. The minimum atomic E-state index is 0. The zero-order valence-electron chi connectivity index (χ0n) is 14.1. The molecule has 1 aromatic carbocycles. The predicted molar refractivity (Wildman–Crippen MR) is 113 cm³/mol. The number of hydrogen-bond acceptors (Lipinski definition) is 2. The van der Waals surface area contributed by atoms with E-state index in [2.05, 4.69) is 33.6 Å². The van der Waals surface area contributed by atoms with Crippen molar-refractivity contribution in [2.75, 3.05) is 20.1 Å². The Hall–Kier alpha value is -1.34. The van der Waals surface area contributed by atoms with Crippen LogP contribution in [0, 0.1) is 6.92 Å². The Bertz CT molecular complexity index is 644. The Balaban J connectivity index is 0.00000288. The van der Waals surface area contributed by atoms with E-state index >= 15 is 0 Å². The Morgan fingerprint density at radius 1 is 1.08 bits per heavy atom. The summed E-state index contributed by atoms with van der Waals surface area (Å²) < 4.78 is 0. The molecule has 0 aliphatic rings. The van der Waals surface area contributed by atoms with Crippen LogP contribution in [0.2, 0.25) is 5.02 Å². The first-order chi connectivity index (χ1) is 11.2. The number of guanidine groups is 1. The van der Waals surface area contributed by atoms with E-state index in [0.29, 0.717) is 0 Å². The molecule has 0 saturated carbocycles. The minimum absolute atomic E-state index is 0. The summed E-state index contributed by atoms with van der Waals surface area (Å²) in [6, 6.07) is 9.99. The number of halogens is 2. The Morgan fingerprint density at radius 3 is 2.38 bits per heavy atom. The van der Waals surface area contributed by atoms with Crippen LogP contribution in [0.15, 0.2) is 47.7 Å². The van der Waals surface area contributed by atoms with Crippen LogP contribution in [0.1, 0.15) is 16.7 Å². The van der Waals surface area contributed by atoms with Crippen molar-refractivity contribution in [1.29, 1.82) is 0 Å². The molecular weight excluding hydrogens is 435 g/mol.